The summed E-state index contributed by atoms with van der Waals surface area (Å²) in [5.74, 6) is -0.280. The fraction of sp³-hybridized carbons (Fsp3) is 0.500. The summed E-state index contributed by atoms with van der Waals surface area (Å²) in [7, 11) is 3.03. The number of carbonyl (C=O) groups excluding carboxylic acids is 1. The van der Waals surface area contributed by atoms with Crippen molar-refractivity contribution >= 4 is 5.97 Å². The zero-order valence-electron chi connectivity index (χ0n) is 11.4. The van der Waals surface area contributed by atoms with Crippen molar-refractivity contribution in [3.05, 3.63) is 34.9 Å². The van der Waals surface area contributed by atoms with Gasteiger partial charge in [0.2, 0.25) is 0 Å². The molecule has 1 atom stereocenters. The molecule has 4 nitrogen and oxygen atoms in total. The van der Waals surface area contributed by atoms with Crippen molar-refractivity contribution in [3.63, 3.8) is 0 Å². The number of nitrogens with one attached hydrogen (secondary N) is 1. The van der Waals surface area contributed by atoms with Gasteiger partial charge in [0.1, 0.15) is 6.04 Å². The molecule has 0 bridgehead atoms. The van der Waals surface area contributed by atoms with Crippen LogP contribution in [0.2, 0.25) is 0 Å². The van der Waals surface area contributed by atoms with Gasteiger partial charge in [0, 0.05) is 13.7 Å². The van der Waals surface area contributed by atoms with Crippen molar-refractivity contribution in [3.8, 4) is 0 Å². The fourth-order valence-corrected chi connectivity index (χ4v) is 1.89. The topological polar surface area (TPSA) is 47.6 Å². The highest BCUT2D eigenvalue weighted by molar-refractivity contribution is 5.78. The van der Waals surface area contributed by atoms with Gasteiger partial charge in [0.25, 0.3) is 0 Å². The Kier molecular flexibility index (Phi) is 5.82. The van der Waals surface area contributed by atoms with Crippen LogP contribution in [0, 0.1) is 13.8 Å². The summed E-state index contributed by atoms with van der Waals surface area (Å²) in [6.07, 6.45) is 0. The molecule has 0 aliphatic carbocycles. The van der Waals surface area contributed by atoms with Crippen molar-refractivity contribution in [2.75, 3.05) is 27.4 Å². The third-order valence-electron chi connectivity index (χ3n) is 2.83. The smallest absolute Gasteiger partial charge is 0.327 e. The molecule has 1 aromatic rings. The van der Waals surface area contributed by atoms with E-state index in [-0.39, 0.29) is 5.97 Å². The lowest BCUT2D eigenvalue weighted by molar-refractivity contribution is -0.143. The van der Waals surface area contributed by atoms with Crippen LogP contribution in [0.1, 0.15) is 22.7 Å². The maximum absolute atomic E-state index is 11.8. The SMILES string of the molecule is COCCNC(C(=O)OC)c1ccc(C)cc1C. The van der Waals surface area contributed by atoms with Gasteiger partial charge in [-0.1, -0.05) is 23.8 Å². The van der Waals surface area contributed by atoms with Gasteiger partial charge in [-0.15, -0.1) is 0 Å². The number of methoxy groups -OCH3 is 2. The van der Waals surface area contributed by atoms with Crippen LogP contribution in [0.5, 0.6) is 0 Å². The number of carbonyl (C=O) groups is 1. The van der Waals surface area contributed by atoms with Crippen LogP contribution < -0.4 is 5.32 Å². The van der Waals surface area contributed by atoms with Gasteiger partial charge >= 0.3 is 5.97 Å². The minimum absolute atomic E-state index is 0.280. The molecule has 1 N–H and O–H groups in total. The number of hydrogen-bond acceptors (Lipinski definition) is 4. The van der Waals surface area contributed by atoms with E-state index in [0.717, 1.165) is 11.1 Å². The number of hydrogen-bond donors (Lipinski definition) is 1. The first kappa shape index (κ1) is 14.7. The van der Waals surface area contributed by atoms with E-state index < -0.39 is 6.04 Å². The lowest BCUT2D eigenvalue weighted by Gasteiger charge is -2.19. The fourth-order valence-electron chi connectivity index (χ4n) is 1.89. The summed E-state index contributed by atoms with van der Waals surface area (Å²) < 4.78 is 9.82. The standard InChI is InChI=1S/C14H21NO3/c1-10-5-6-12(11(2)9-10)13(14(16)18-4)15-7-8-17-3/h5-6,9,13,15H,7-8H2,1-4H3. The summed E-state index contributed by atoms with van der Waals surface area (Å²) in [5.41, 5.74) is 3.20. The minimum atomic E-state index is -0.439. The molecule has 0 aliphatic rings. The largest absolute Gasteiger partial charge is 0.468 e. The number of ether oxygens (including phenoxy) is 2. The average Bonchev–Trinajstić information content (AvgIpc) is 2.35. The lowest BCUT2D eigenvalue weighted by Crippen LogP contribution is -2.32. The number of rotatable bonds is 6. The van der Waals surface area contributed by atoms with E-state index in [9.17, 15) is 4.79 Å². The molecule has 1 rings (SSSR count). The second-order valence-corrected chi connectivity index (χ2v) is 4.26. The van der Waals surface area contributed by atoms with Crippen molar-refractivity contribution in [2.45, 2.75) is 19.9 Å². The van der Waals surface area contributed by atoms with Gasteiger partial charge in [-0.3, -0.25) is 5.32 Å². The molecule has 0 fully saturated rings. The molecule has 0 saturated heterocycles. The van der Waals surface area contributed by atoms with Gasteiger partial charge in [-0.2, -0.15) is 0 Å². The molecule has 0 spiro atoms. The predicted molar refractivity (Wildman–Crippen MR) is 70.6 cm³/mol. The Labute approximate surface area is 108 Å². The monoisotopic (exact) mass is 251 g/mol. The Balaban J connectivity index is 2.90. The van der Waals surface area contributed by atoms with Gasteiger partial charge in [-0.05, 0) is 25.0 Å². The number of benzene rings is 1. The lowest BCUT2D eigenvalue weighted by atomic mass is 9.99. The van der Waals surface area contributed by atoms with E-state index in [1.165, 1.54) is 12.7 Å². The summed E-state index contributed by atoms with van der Waals surface area (Å²) in [6.45, 7) is 5.18. The van der Waals surface area contributed by atoms with Crippen LogP contribution in [0.25, 0.3) is 0 Å². The normalized spacial score (nSPS) is 12.2. The molecular formula is C14H21NO3. The van der Waals surface area contributed by atoms with Crippen LogP contribution in [0.3, 0.4) is 0 Å². The van der Waals surface area contributed by atoms with Crippen molar-refractivity contribution in [1.29, 1.82) is 0 Å². The summed E-state index contributed by atoms with van der Waals surface area (Å²) in [6, 6.07) is 5.58. The van der Waals surface area contributed by atoms with Gasteiger partial charge in [0.15, 0.2) is 0 Å². The molecular weight excluding hydrogens is 230 g/mol. The van der Waals surface area contributed by atoms with Crippen molar-refractivity contribution < 1.29 is 14.3 Å². The molecule has 0 heterocycles. The van der Waals surface area contributed by atoms with E-state index in [1.54, 1.807) is 7.11 Å². The van der Waals surface area contributed by atoms with E-state index in [1.807, 2.05) is 26.0 Å². The zero-order valence-corrected chi connectivity index (χ0v) is 11.4. The van der Waals surface area contributed by atoms with Gasteiger partial charge in [0.05, 0.1) is 13.7 Å². The molecule has 0 aromatic heterocycles. The molecule has 0 amide bonds. The van der Waals surface area contributed by atoms with E-state index in [4.69, 9.17) is 9.47 Å². The Morgan fingerprint density at radius 3 is 2.61 bits per heavy atom. The van der Waals surface area contributed by atoms with E-state index >= 15 is 0 Å². The maximum Gasteiger partial charge on any atom is 0.327 e. The first-order chi connectivity index (χ1) is 8.60. The molecule has 4 heteroatoms. The first-order valence-corrected chi connectivity index (χ1v) is 5.97. The highest BCUT2D eigenvalue weighted by Gasteiger charge is 2.22. The van der Waals surface area contributed by atoms with Crippen LogP contribution in [-0.2, 0) is 14.3 Å². The quantitative estimate of drug-likeness (QED) is 0.618. The molecule has 1 aromatic carbocycles. The van der Waals surface area contributed by atoms with E-state index in [2.05, 4.69) is 11.4 Å². The Bertz CT molecular complexity index is 404. The molecule has 1 unspecified atom stereocenters. The zero-order chi connectivity index (χ0) is 13.5. The second-order valence-electron chi connectivity index (χ2n) is 4.26. The van der Waals surface area contributed by atoms with Crippen LogP contribution >= 0.6 is 0 Å². The van der Waals surface area contributed by atoms with Crippen LogP contribution in [0.15, 0.2) is 18.2 Å². The Hall–Kier alpha value is -1.39. The van der Waals surface area contributed by atoms with Crippen molar-refractivity contribution in [2.24, 2.45) is 0 Å². The van der Waals surface area contributed by atoms with Gasteiger partial charge in [-0.25, -0.2) is 4.79 Å². The minimum Gasteiger partial charge on any atom is -0.468 e. The highest BCUT2D eigenvalue weighted by atomic mass is 16.5. The molecule has 0 saturated carbocycles. The molecule has 0 radical (unpaired) electrons. The summed E-state index contributed by atoms with van der Waals surface area (Å²) >= 11 is 0. The summed E-state index contributed by atoms with van der Waals surface area (Å²) in [5, 5.41) is 3.15. The molecule has 100 valence electrons. The van der Waals surface area contributed by atoms with Crippen LogP contribution in [0.4, 0.5) is 0 Å². The predicted octanol–water partition coefficient (Wildman–Crippen LogP) is 1.75. The van der Waals surface area contributed by atoms with Gasteiger partial charge < -0.3 is 9.47 Å². The van der Waals surface area contributed by atoms with Crippen molar-refractivity contribution in [1.82, 2.24) is 5.32 Å². The average molecular weight is 251 g/mol. The molecule has 18 heavy (non-hydrogen) atoms. The third kappa shape index (κ3) is 3.82. The highest BCUT2D eigenvalue weighted by Crippen LogP contribution is 2.20. The van der Waals surface area contributed by atoms with Crippen LogP contribution in [-0.4, -0.2) is 33.3 Å². The van der Waals surface area contributed by atoms with E-state index in [0.29, 0.717) is 13.2 Å². The number of aryl methyl sites for hydroxylation is 2. The Morgan fingerprint density at radius 2 is 2.06 bits per heavy atom. The maximum atomic E-state index is 11.8. The second kappa shape index (κ2) is 7.13. The summed E-state index contributed by atoms with van der Waals surface area (Å²) in [4.78, 5) is 11.8. The molecule has 0 aliphatic heterocycles. The Morgan fingerprint density at radius 1 is 1.33 bits per heavy atom. The third-order valence-corrected chi connectivity index (χ3v) is 2.83. The first-order valence-electron chi connectivity index (χ1n) is 5.97. The number of esters is 1.